The molecule has 0 spiro atoms. The maximum Gasteiger partial charge on any atom is 0.277 e. The number of hydrogen-bond donors (Lipinski definition) is 2. The Morgan fingerprint density at radius 2 is 2.20 bits per heavy atom. The molecule has 0 aliphatic carbocycles. The van der Waals surface area contributed by atoms with E-state index in [-0.39, 0.29) is 11.5 Å². The molecule has 2 heterocycles. The first-order valence-electron chi connectivity index (χ1n) is 7.97. The lowest BCUT2D eigenvalue weighted by molar-refractivity contribution is -0.117. The van der Waals surface area contributed by atoms with Gasteiger partial charge in [-0.1, -0.05) is 23.9 Å². The van der Waals surface area contributed by atoms with Crippen molar-refractivity contribution in [3.05, 3.63) is 46.5 Å². The fourth-order valence-corrected chi connectivity index (χ4v) is 3.43. The Bertz CT molecular complexity index is 965. The number of aromatic amines is 2. The van der Waals surface area contributed by atoms with E-state index >= 15 is 0 Å². The van der Waals surface area contributed by atoms with E-state index in [1.165, 1.54) is 18.1 Å². The molecular formula is C17H19N5O2S. The van der Waals surface area contributed by atoms with Gasteiger partial charge in [0, 0.05) is 12.2 Å². The lowest BCUT2D eigenvalue weighted by atomic mass is 10.2. The normalized spacial score (nSPS) is 12.3. The Balaban J connectivity index is 1.82. The van der Waals surface area contributed by atoms with Gasteiger partial charge in [0.25, 0.3) is 5.56 Å². The van der Waals surface area contributed by atoms with Crippen LogP contribution in [0.25, 0.3) is 11.2 Å². The van der Waals surface area contributed by atoms with Crippen LogP contribution in [-0.4, -0.2) is 37.6 Å². The van der Waals surface area contributed by atoms with Crippen LogP contribution in [0.5, 0.6) is 0 Å². The van der Waals surface area contributed by atoms with Gasteiger partial charge in [-0.15, -0.1) is 0 Å². The number of nitrogens with one attached hydrogen (secondary N) is 2. The molecule has 3 aromatic rings. The van der Waals surface area contributed by atoms with Crippen LogP contribution in [0.2, 0.25) is 0 Å². The number of carbonyl (C=O) groups excluding carboxylic acids is 1. The van der Waals surface area contributed by atoms with E-state index in [0.29, 0.717) is 22.9 Å². The van der Waals surface area contributed by atoms with Gasteiger partial charge in [0.15, 0.2) is 16.3 Å². The molecule has 0 fully saturated rings. The Morgan fingerprint density at radius 1 is 1.40 bits per heavy atom. The van der Waals surface area contributed by atoms with Crippen molar-refractivity contribution in [1.82, 2.24) is 19.9 Å². The number of aromatic nitrogens is 4. The lowest BCUT2D eigenvalue weighted by Crippen LogP contribution is -2.36. The van der Waals surface area contributed by atoms with Crippen molar-refractivity contribution in [1.29, 1.82) is 0 Å². The Hall–Kier alpha value is -2.61. The van der Waals surface area contributed by atoms with Crippen molar-refractivity contribution in [2.45, 2.75) is 31.2 Å². The highest BCUT2D eigenvalue weighted by molar-refractivity contribution is 8.00. The molecule has 0 aliphatic heterocycles. The molecule has 130 valence electrons. The van der Waals surface area contributed by atoms with E-state index in [1.54, 1.807) is 11.8 Å². The first-order chi connectivity index (χ1) is 12.0. The SMILES string of the molecule is CCN(C(=O)C(C)Sc1nc2nc[nH]c2c(=O)[nH]1)c1cccc(C)c1. The molecule has 2 N–H and O–H groups in total. The third kappa shape index (κ3) is 3.58. The Morgan fingerprint density at radius 3 is 2.92 bits per heavy atom. The summed E-state index contributed by atoms with van der Waals surface area (Å²) in [5.41, 5.74) is 2.34. The van der Waals surface area contributed by atoms with Gasteiger partial charge in [-0.25, -0.2) is 9.97 Å². The number of thioether (sulfide) groups is 1. The molecule has 1 aromatic carbocycles. The van der Waals surface area contributed by atoms with Crippen LogP contribution in [0.1, 0.15) is 19.4 Å². The average molecular weight is 357 g/mol. The number of anilines is 1. The van der Waals surface area contributed by atoms with E-state index in [1.807, 2.05) is 38.1 Å². The summed E-state index contributed by atoms with van der Waals surface area (Å²) in [7, 11) is 0. The number of aryl methyl sites for hydroxylation is 1. The summed E-state index contributed by atoms with van der Waals surface area (Å²) in [6, 6.07) is 7.83. The highest BCUT2D eigenvalue weighted by Crippen LogP contribution is 2.24. The molecule has 0 saturated heterocycles. The fourth-order valence-electron chi connectivity index (χ4n) is 2.58. The Labute approximate surface area is 148 Å². The molecule has 0 aliphatic rings. The zero-order valence-corrected chi connectivity index (χ0v) is 15.1. The van der Waals surface area contributed by atoms with E-state index in [2.05, 4.69) is 19.9 Å². The number of nitrogens with zero attached hydrogens (tertiary/aromatic N) is 3. The van der Waals surface area contributed by atoms with Gasteiger partial charge < -0.3 is 9.88 Å². The maximum absolute atomic E-state index is 12.9. The average Bonchev–Trinajstić information content (AvgIpc) is 3.04. The van der Waals surface area contributed by atoms with Crippen LogP contribution in [-0.2, 0) is 4.79 Å². The monoisotopic (exact) mass is 357 g/mol. The van der Waals surface area contributed by atoms with Gasteiger partial charge in [0.05, 0.1) is 11.6 Å². The van der Waals surface area contributed by atoms with Crippen molar-refractivity contribution in [3.8, 4) is 0 Å². The van der Waals surface area contributed by atoms with Crippen LogP contribution in [0.3, 0.4) is 0 Å². The number of amides is 1. The number of H-pyrrole nitrogens is 2. The van der Waals surface area contributed by atoms with Crippen molar-refractivity contribution in [3.63, 3.8) is 0 Å². The first kappa shape index (κ1) is 17.2. The number of rotatable bonds is 5. The van der Waals surface area contributed by atoms with E-state index in [9.17, 15) is 9.59 Å². The summed E-state index contributed by atoms with van der Waals surface area (Å²) in [5, 5.41) is -0.0225. The summed E-state index contributed by atoms with van der Waals surface area (Å²) in [6.07, 6.45) is 1.42. The van der Waals surface area contributed by atoms with Gasteiger partial charge in [0.2, 0.25) is 5.91 Å². The van der Waals surface area contributed by atoms with Gasteiger partial charge in [-0.3, -0.25) is 14.6 Å². The van der Waals surface area contributed by atoms with Gasteiger partial charge >= 0.3 is 0 Å². The third-order valence-corrected chi connectivity index (χ3v) is 4.78. The van der Waals surface area contributed by atoms with Crippen molar-refractivity contribution >= 4 is 34.5 Å². The van der Waals surface area contributed by atoms with Gasteiger partial charge in [-0.05, 0) is 38.5 Å². The van der Waals surface area contributed by atoms with Crippen molar-refractivity contribution in [2.24, 2.45) is 0 Å². The molecule has 1 unspecified atom stereocenters. The summed E-state index contributed by atoms with van der Waals surface area (Å²) in [5.74, 6) is -0.0390. The maximum atomic E-state index is 12.9. The number of fused-ring (bicyclic) bond motifs is 1. The van der Waals surface area contributed by atoms with Crippen LogP contribution >= 0.6 is 11.8 Å². The fraction of sp³-hybridized carbons (Fsp3) is 0.294. The molecule has 8 heteroatoms. The molecule has 0 bridgehead atoms. The number of carbonyl (C=O) groups is 1. The number of hydrogen-bond acceptors (Lipinski definition) is 5. The van der Waals surface area contributed by atoms with Crippen molar-refractivity contribution in [2.75, 3.05) is 11.4 Å². The third-order valence-electron chi connectivity index (χ3n) is 3.81. The number of benzene rings is 1. The minimum Gasteiger partial charge on any atom is -0.339 e. The lowest BCUT2D eigenvalue weighted by Gasteiger charge is -2.24. The van der Waals surface area contributed by atoms with E-state index in [4.69, 9.17) is 0 Å². The summed E-state index contributed by atoms with van der Waals surface area (Å²) in [6.45, 7) is 6.30. The molecule has 2 aromatic heterocycles. The zero-order valence-electron chi connectivity index (χ0n) is 14.2. The highest BCUT2D eigenvalue weighted by atomic mass is 32.2. The van der Waals surface area contributed by atoms with Crippen LogP contribution < -0.4 is 10.5 Å². The minimum atomic E-state index is -0.403. The second-order valence-corrected chi connectivity index (χ2v) is 6.98. The molecular weight excluding hydrogens is 338 g/mol. The van der Waals surface area contributed by atoms with Gasteiger partial charge in [-0.2, -0.15) is 0 Å². The number of imidazole rings is 1. The first-order valence-corrected chi connectivity index (χ1v) is 8.85. The second-order valence-electron chi connectivity index (χ2n) is 5.65. The highest BCUT2D eigenvalue weighted by Gasteiger charge is 2.23. The quantitative estimate of drug-likeness (QED) is 0.540. The standard InChI is InChI=1S/C17H19N5O2S/c1-4-22(12-7-5-6-10(2)8-12)16(24)11(3)25-17-20-14-13(15(23)21-17)18-9-19-14/h5-9,11H,4H2,1-3H3,(H2,18,19,20,21,23). The predicted octanol–water partition coefficient (Wildman–Crippen LogP) is 2.49. The second kappa shape index (κ2) is 7.10. The smallest absolute Gasteiger partial charge is 0.277 e. The summed E-state index contributed by atoms with van der Waals surface area (Å²) in [4.78, 5) is 40.3. The van der Waals surface area contributed by atoms with Gasteiger partial charge in [0.1, 0.15) is 0 Å². The predicted molar refractivity (Wildman–Crippen MR) is 99.0 cm³/mol. The van der Waals surface area contributed by atoms with Crippen LogP contribution in [0.4, 0.5) is 5.69 Å². The molecule has 1 amide bonds. The molecule has 0 saturated carbocycles. The molecule has 1 atom stereocenters. The van der Waals surface area contributed by atoms with Crippen LogP contribution in [0, 0.1) is 6.92 Å². The van der Waals surface area contributed by atoms with Crippen molar-refractivity contribution < 1.29 is 4.79 Å². The minimum absolute atomic E-state index is 0.0390. The molecule has 0 radical (unpaired) electrons. The summed E-state index contributed by atoms with van der Waals surface area (Å²) < 4.78 is 0. The Kier molecular flexibility index (Phi) is 4.89. The molecule has 25 heavy (non-hydrogen) atoms. The summed E-state index contributed by atoms with van der Waals surface area (Å²) >= 11 is 1.21. The molecule has 3 rings (SSSR count). The van der Waals surface area contributed by atoms with E-state index in [0.717, 1.165) is 11.3 Å². The van der Waals surface area contributed by atoms with E-state index < -0.39 is 5.25 Å². The largest absolute Gasteiger partial charge is 0.339 e. The zero-order chi connectivity index (χ0) is 18.0. The topological polar surface area (TPSA) is 94.7 Å². The van der Waals surface area contributed by atoms with Crippen LogP contribution in [0.15, 0.2) is 40.5 Å². The molecule has 7 nitrogen and oxygen atoms in total.